The molecule has 0 spiro atoms. The van der Waals surface area contributed by atoms with Crippen LogP contribution in [0.25, 0.3) is 0 Å². The number of hydrogen-bond acceptors (Lipinski definition) is 3. The van der Waals surface area contributed by atoms with Crippen molar-refractivity contribution in [3.05, 3.63) is 23.3 Å². The van der Waals surface area contributed by atoms with E-state index in [0.717, 1.165) is 11.5 Å². The van der Waals surface area contributed by atoms with Crippen LogP contribution in [0.1, 0.15) is 50.3 Å². The van der Waals surface area contributed by atoms with E-state index >= 15 is 0 Å². The van der Waals surface area contributed by atoms with E-state index in [9.17, 15) is 0 Å². The molecule has 20 heavy (non-hydrogen) atoms. The summed E-state index contributed by atoms with van der Waals surface area (Å²) in [6.45, 7) is 6.76. The number of ether oxygens (including phenoxy) is 2. The molecule has 2 unspecified atom stereocenters. The van der Waals surface area contributed by atoms with Crippen LogP contribution in [0.2, 0.25) is 0 Å². The highest BCUT2D eigenvalue weighted by Crippen LogP contribution is 2.49. The normalized spacial score (nSPS) is 22.6. The monoisotopic (exact) mass is 277 g/mol. The van der Waals surface area contributed by atoms with Crippen molar-refractivity contribution in [2.75, 3.05) is 14.2 Å². The summed E-state index contributed by atoms with van der Waals surface area (Å²) in [6.07, 6.45) is 3.75. The maximum absolute atomic E-state index is 6.60. The molecule has 2 N–H and O–H groups in total. The molecule has 0 heterocycles. The topological polar surface area (TPSA) is 44.5 Å². The first-order chi connectivity index (χ1) is 9.40. The highest BCUT2D eigenvalue weighted by Gasteiger charge is 2.39. The van der Waals surface area contributed by atoms with Gasteiger partial charge in [0.05, 0.1) is 14.2 Å². The van der Waals surface area contributed by atoms with E-state index in [1.54, 1.807) is 14.2 Å². The Bertz CT molecular complexity index is 482. The minimum absolute atomic E-state index is 0.0623. The molecule has 0 saturated heterocycles. The SMILES string of the molecule is COc1cc(C)c(C(N)C2CCCC2(C)C)cc1OC. The maximum Gasteiger partial charge on any atom is 0.161 e. The Balaban J connectivity index is 2.37. The quantitative estimate of drug-likeness (QED) is 0.909. The maximum atomic E-state index is 6.60. The molecule has 112 valence electrons. The van der Waals surface area contributed by atoms with Crippen molar-refractivity contribution in [2.24, 2.45) is 17.1 Å². The van der Waals surface area contributed by atoms with Gasteiger partial charge in [-0.05, 0) is 54.4 Å². The van der Waals surface area contributed by atoms with Gasteiger partial charge in [0.2, 0.25) is 0 Å². The lowest BCUT2D eigenvalue weighted by molar-refractivity contribution is 0.221. The molecule has 1 aliphatic carbocycles. The third-order valence-corrected chi connectivity index (χ3v) is 4.90. The van der Waals surface area contributed by atoms with Gasteiger partial charge in [0.15, 0.2) is 11.5 Å². The van der Waals surface area contributed by atoms with E-state index in [1.165, 1.54) is 30.4 Å². The highest BCUT2D eigenvalue weighted by atomic mass is 16.5. The van der Waals surface area contributed by atoms with Crippen LogP contribution in [0.3, 0.4) is 0 Å². The van der Waals surface area contributed by atoms with Crippen LogP contribution in [0.5, 0.6) is 11.5 Å². The molecule has 3 nitrogen and oxygen atoms in total. The molecule has 0 aromatic heterocycles. The molecule has 1 aromatic carbocycles. The van der Waals surface area contributed by atoms with Crippen molar-refractivity contribution in [1.29, 1.82) is 0 Å². The van der Waals surface area contributed by atoms with Crippen LogP contribution in [-0.2, 0) is 0 Å². The van der Waals surface area contributed by atoms with E-state index in [1.807, 2.05) is 12.1 Å². The van der Waals surface area contributed by atoms with Gasteiger partial charge in [-0.15, -0.1) is 0 Å². The lowest BCUT2D eigenvalue weighted by atomic mass is 9.75. The number of nitrogens with two attached hydrogens (primary N) is 1. The standard InChI is InChI=1S/C17H27NO2/c1-11-9-14(19-4)15(20-5)10-12(11)16(18)13-7-6-8-17(13,2)3/h9-10,13,16H,6-8,18H2,1-5H3. The molecule has 0 bridgehead atoms. The third kappa shape index (κ3) is 2.64. The van der Waals surface area contributed by atoms with Crippen molar-refractivity contribution in [2.45, 2.75) is 46.1 Å². The first kappa shape index (κ1) is 15.2. The van der Waals surface area contributed by atoms with E-state index in [-0.39, 0.29) is 6.04 Å². The number of aryl methyl sites for hydroxylation is 1. The number of hydrogen-bond donors (Lipinski definition) is 1. The molecule has 1 aromatic rings. The van der Waals surface area contributed by atoms with Crippen LogP contribution in [-0.4, -0.2) is 14.2 Å². The Hall–Kier alpha value is -1.22. The predicted octanol–water partition coefficient (Wildman–Crippen LogP) is 3.84. The fraction of sp³-hybridized carbons (Fsp3) is 0.647. The molecule has 2 rings (SSSR count). The molecular weight excluding hydrogens is 250 g/mol. The fourth-order valence-electron chi connectivity index (χ4n) is 3.59. The van der Waals surface area contributed by atoms with E-state index < -0.39 is 0 Å². The summed E-state index contributed by atoms with van der Waals surface area (Å²) < 4.78 is 10.8. The largest absolute Gasteiger partial charge is 0.493 e. The second-order valence-corrected chi connectivity index (χ2v) is 6.58. The molecule has 1 aliphatic rings. The molecule has 0 radical (unpaired) electrons. The Labute approximate surface area is 122 Å². The molecule has 0 aliphatic heterocycles. The van der Waals surface area contributed by atoms with E-state index in [0.29, 0.717) is 11.3 Å². The Morgan fingerprint density at radius 3 is 2.30 bits per heavy atom. The third-order valence-electron chi connectivity index (χ3n) is 4.90. The van der Waals surface area contributed by atoms with Gasteiger partial charge in [0.25, 0.3) is 0 Å². The van der Waals surface area contributed by atoms with Crippen molar-refractivity contribution < 1.29 is 9.47 Å². The van der Waals surface area contributed by atoms with Gasteiger partial charge in [-0.2, -0.15) is 0 Å². The van der Waals surface area contributed by atoms with Gasteiger partial charge >= 0.3 is 0 Å². The summed E-state index contributed by atoms with van der Waals surface area (Å²) in [5.74, 6) is 2.06. The molecule has 0 amide bonds. The first-order valence-corrected chi connectivity index (χ1v) is 7.39. The number of rotatable bonds is 4. The minimum atomic E-state index is 0.0623. The van der Waals surface area contributed by atoms with Gasteiger partial charge in [0, 0.05) is 6.04 Å². The lowest BCUT2D eigenvalue weighted by Crippen LogP contribution is -2.30. The van der Waals surface area contributed by atoms with Crippen LogP contribution in [0.4, 0.5) is 0 Å². The van der Waals surface area contributed by atoms with Crippen LogP contribution in [0, 0.1) is 18.3 Å². The number of benzene rings is 1. The van der Waals surface area contributed by atoms with E-state index in [4.69, 9.17) is 15.2 Å². The molecular formula is C17H27NO2. The van der Waals surface area contributed by atoms with Crippen LogP contribution >= 0.6 is 0 Å². The van der Waals surface area contributed by atoms with E-state index in [2.05, 4.69) is 20.8 Å². The van der Waals surface area contributed by atoms with Crippen LogP contribution < -0.4 is 15.2 Å². The summed E-state index contributed by atoms with van der Waals surface area (Å²) in [5.41, 5.74) is 9.28. The zero-order chi connectivity index (χ0) is 14.9. The minimum Gasteiger partial charge on any atom is -0.493 e. The molecule has 1 fully saturated rings. The second kappa shape index (κ2) is 5.65. The van der Waals surface area contributed by atoms with Gasteiger partial charge in [0.1, 0.15) is 0 Å². The smallest absolute Gasteiger partial charge is 0.161 e. The van der Waals surface area contributed by atoms with Crippen molar-refractivity contribution in [3.63, 3.8) is 0 Å². The second-order valence-electron chi connectivity index (χ2n) is 6.58. The predicted molar refractivity (Wildman–Crippen MR) is 82.3 cm³/mol. The zero-order valence-corrected chi connectivity index (χ0v) is 13.3. The first-order valence-electron chi connectivity index (χ1n) is 7.39. The average Bonchev–Trinajstić information content (AvgIpc) is 2.77. The average molecular weight is 277 g/mol. The van der Waals surface area contributed by atoms with Gasteiger partial charge in [-0.25, -0.2) is 0 Å². The van der Waals surface area contributed by atoms with Gasteiger partial charge < -0.3 is 15.2 Å². The summed E-state index contributed by atoms with van der Waals surface area (Å²) in [5, 5.41) is 0. The summed E-state index contributed by atoms with van der Waals surface area (Å²) in [7, 11) is 3.33. The van der Waals surface area contributed by atoms with Crippen molar-refractivity contribution in [1.82, 2.24) is 0 Å². The molecule has 1 saturated carbocycles. The Morgan fingerprint density at radius 2 is 1.80 bits per heavy atom. The Kier molecular flexibility index (Phi) is 4.28. The lowest BCUT2D eigenvalue weighted by Gasteiger charge is -2.33. The Morgan fingerprint density at radius 1 is 1.20 bits per heavy atom. The molecule has 3 heteroatoms. The number of methoxy groups -OCH3 is 2. The summed E-state index contributed by atoms with van der Waals surface area (Å²) >= 11 is 0. The highest BCUT2D eigenvalue weighted by molar-refractivity contribution is 5.48. The zero-order valence-electron chi connectivity index (χ0n) is 13.3. The van der Waals surface area contributed by atoms with Crippen molar-refractivity contribution >= 4 is 0 Å². The summed E-state index contributed by atoms with van der Waals surface area (Å²) in [4.78, 5) is 0. The molecule has 2 atom stereocenters. The fourth-order valence-corrected chi connectivity index (χ4v) is 3.59. The summed E-state index contributed by atoms with van der Waals surface area (Å²) in [6, 6.07) is 4.13. The van der Waals surface area contributed by atoms with Crippen molar-refractivity contribution in [3.8, 4) is 11.5 Å². The van der Waals surface area contributed by atoms with Gasteiger partial charge in [-0.3, -0.25) is 0 Å². The van der Waals surface area contributed by atoms with Gasteiger partial charge in [-0.1, -0.05) is 20.3 Å². The van der Waals surface area contributed by atoms with Crippen LogP contribution in [0.15, 0.2) is 12.1 Å².